The van der Waals surface area contributed by atoms with Crippen molar-refractivity contribution < 1.29 is 0 Å². The summed E-state index contributed by atoms with van der Waals surface area (Å²) in [4.78, 5) is 0. The highest BCUT2D eigenvalue weighted by molar-refractivity contribution is 7.98. The highest BCUT2D eigenvalue weighted by Gasteiger charge is 2.10. The molecule has 0 aromatic heterocycles. The number of nitriles is 1. The molecule has 1 fully saturated rings. The number of hydrogen-bond acceptors (Lipinski definition) is 3. The van der Waals surface area contributed by atoms with E-state index in [1.807, 2.05) is 0 Å². The summed E-state index contributed by atoms with van der Waals surface area (Å²) in [7, 11) is 0. The molecule has 1 aliphatic heterocycles. The van der Waals surface area contributed by atoms with Gasteiger partial charge in [0.25, 0.3) is 0 Å². The second-order valence-corrected chi connectivity index (χ2v) is 2.87. The maximum atomic E-state index is 8.38. The Hall–Kier alpha value is -0.200. The van der Waals surface area contributed by atoms with Crippen molar-refractivity contribution in [2.75, 3.05) is 6.54 Å². The van der Waals surface area contributed by atoms with Crippen LogP contribution in [-0.4, -0.2) is 11.8 Å². The fraction of sp³-hybridized carbons (Fsp3) is 0.800. The Morgan fingerprint density at radius 2 is 2.62 bits per heavy atom. The zero-order valence-corrected chi connectivity index (χ0v) is 5.37. The molecule has 0 aromatic rings. The number of rotatable bonds is 0. The van der Waals surface area contributed by atoms with E-state index < -0.39 is 0 Å². The quantitative estimate of drug-likeness (QED) is 0.492. The van der Waals surface area contributed by atoms with Gasteiger partial charge in [-0.05, 0) is 12.8 Å². The SMILES string of the molecule is N#CC1CCCNS1. The predicted molar refractivity (Wildman–Crippen MR) is 34.2 cm³/mol. The van der Waals surface area contributed by atoms with Gasteiger partial charge in [0.15, 0.2) is 0 Å². The van der Waals surface area contributed by atoms with Crippen LogP contribution in [0.1, 0.15) is 12.8 Å². The lowest BCUT2D eigenvalue weighted by Crippen LogP contribution is -2.19. The second-order valence-electron chi connectivity index (χ2n) is 1.77. The summed E-state index contributed by atoms with van der Waals surface area (Å²) in [6, 6.07) is 2.20. The third-order valence-electron chi connectivity index (χ3n) is 1.11. The minimum atomic E-state index is 0.198. The average molecular weight is 128 g/mol. The van der Waals surface area contributed by atoms with Gasteiger partial charge in [-0.15, -0.1) is 0 Å². The van der Waals surface area contributed by atoms with Crippen LogP contribution >= 0.6 is 11.9 Å². The second kappa shape index (κ2) is 2.95. The summed E-state index contributed by atoms with van der Waals surface area (Å²) < 4.78 is 3.08. The molecule has 0 aromatic carbocycles. The van der Waals surface area contributed by atoms with E-state index in [1.165, 1.54) is 0 Å². The Kier molecular flexibility index (Phi) is 2.19. The molecule has 1 aliphatic rings. The molecule has 3 heteroatoms. The summed E-state index contributed by atoms with van der Waals surface area (Å²) in [5.41, 5.74) is 0. The van der Waals surface area contributed by atoms with Gasteiger partial charge in [-0.2, -0.15) is 5.26 Å². The van der Waals surface area contributed by atoms with Gasteiger partial charge in [0.05, 0.1) is 6.07 Å². The third kappa shape index (κ3) is 1.39. The van der Waals surface area contributed by atoms with E-state index in [0.29, 0.717) is 0 Å². The molecular formula is C5H8N2S. The van der Waals surface area contributed by atoms with Gasteiger partial charge < -0.3 is 0 Å². The van der Waals surface area contributed by atoms with Crippen molar-refractivity contribution in [2.45, 2.75) is 18.1 Å². The zero-order chi connectivity index (χ0) is 5.82. The molecule has 1 rings (SSSR count). The minimum absolute atomic E-state index is 0.198. The molecule has 0 aliphatic carbocycles. The largest absolute Gasteiger partial charge is 0.263 e. The molecule has 2 nitrogen and oxygen atoms in total. The van der Waals surface area contributed by atoms with Gasteiger partial charge in [0.2, 0.25) is 0 Å². The van der Waals surface area contributed by atoms with Crippen LogP contribution in [0, 0.1) is 11.3 Å². The topological polar surface area (TPSA) is 35.8 Å². The predicted octanol–water partition coefficient (Wildman–Crippen LogP) is 0.910. The third-order valence-corrected chi connectivity index (χ3v) is 2.11. The lowest BCUT2D eigenvalue weighted by Gasteiger charge is -2.14. The van der Waals surface area contributed by atoms with E-state index >= 15 is 0 Å². The number of nitrogens with one attached hydrogen (secondary N) is 1. The molecule has 8 heavy (non-hydrogen) atoms. The van der Waals surface area contributed by atoms with E-state index in [-0.39, 0.29) is 5.25 Å². The average Bonchev–Trinajstić information content (AvgIpc) is 1.90. The molecule has 0 bridgehead atoms. The van der Waals surface area contributed by atoms with E-state index in [2.05, 4.69) is 10.8 Å². The lowest BCUT2D eigenvalue weighted by molar-refractivity contribution is 0.715. The Bertz CT molecular complexity index is 101. The van der Waals surface area contributed by atoms with E-state index in [9.17, 15) is 0 Å². The molecule has 0 amide bonds. The fourth-order valence-electron chi connectivity index (χ4n) is 0.669. The zero-order valence-electron chi connectivity index (χ0n) is 4.55. The van der Waals surface area contributed by atoms with Crippen molar-refractivity contribution in [3.05, 3.63) is 0 Å². The monoisotopic (exact) mass is 128 g/mol. The van der Waals surface area contributed by atoms with E-state index in [0.717, 1.165) is 19.4 Å². The Morgan fingerprint density at radius 1 is 1.75 bits per heavy atom. The van der Waals surface area contributed by atoms with Crippen LogP contribution in [0.25, 0.3) is 0 Å². The van der Waals surface area contributed by atoms with Crippen LogP contribution in [-0.2, 0) is 0 Å². The summed E-state index contributed by atoms with van der Waals surface area (Å²) in [5.74, 6) is 0. The Morgan fingerprint density at radius 3 is 3.00 bits per heavy atom. The smallest absolute Gasteiger partial charge is 0.106 e. The van der Waals surface area contributed by atoms with Crippen LogP contribution in [0.15, 0.2) is 0 Å². The fourth-order valence-corrected chi connectivity index (χ4v) is 1.47. The number of nitrogens with zero attached hydrogens (tertiary/aromatic N) is 1. The summed E-state index contributed by atoms with van der Waals surface area (Å²) in [6.45, 7) is 1.06. The van der Waals surface area contributed by atoms with E-state index in [4.69, 9.17) is 5.26 Å². The summed E-state index contributed by atoms with van der Waals surface area (Å²) in [5, 5.41) is 8.58. The van der Waals surface area contributed by atoms with Gasteiger partial charge in [-0.1, -0.05) is 11.9 Å². The Labute approximate surface area is 53.4 Å². The van der Waals surface area contributed by atoms with Gasteiger partial charge in [0, 0.05) is 6.54 Å². The van der Waals surface area contributed by atoms with Crippen molar-refractivity contribution in [1.82, 2.24) is 4.72 Å². The van der Waals surface area contributed by atoms with Gasteiger partial charge >= 0.3 is 0 Å². The first-order chi connectivity index (χ1) is 3.93. The number of hydrogen-bond donors (Lipinski definition) is 1. The molecule has 44 valence electrons. The first-order valence-electron chi connectivity index (χ1n) is 2.71. The van der Waals surface area contributed by atoms with Crippen LogP contribution in [0.2, 0.25) is 0 Å². The molecule has 1 heterocycles. The van der Waals surface area contributed by atoms with Crippen molar-refractivity contribution in [3.8, 4) is 6.07 Å². The van der Waals surface area contributed by atoms with Crippen LogP contribution in [0.4, 0.5) is 0 Å². The highest BCUT2D eigenvalue weighted by Crippen LogP contribution is 2.15. The van der Waals surface area contributed by atoms with Crippen LogP contribution in [0.5, 0.6) is 0 Å². The summed E-state index contributed by atoms with van der Waals surface area (Å²) in [6.07, 6.45) is 2.19. The maximum Gasteiger partial charge on any atom is 0.106 e. The minimum Gasteiger partial charge on any atom is -0.263 e. The summed E-state index contributed by atoms with van der Waals surface area (Å²) >= 11 is 1.55. The van der Waals surface area contributed by atoms with Crippen molar-refractivity contribution in [1.29, 1.82) is 5.26 Å². The molecule has 0 saturated carbocycles. The van der Waals surface area contributed by atoms with Crippen LogP contribution < -0.4 is 4.72 Å². The molecular weight excluding hydrogens is 120 g/mol. The lowest BCUT2D eigenvalue weighted by atomic mass is 10.2. The molecule has 0 spiro atoms. The first kappa shape index (κ1) is 5.93. The molecule has 1 atom stereocenters. The molecule has 1 unspecified atom stereocenters. The Balaban J connectivity index is 2.25. The van der Waals surface area contributed by atoms with Crippen molar-refractivity contribution >= 4 is 11.9 Å². The van der Waals surface area contributed by atoms with Crippen molar-refractivity contribution in [2.24, 2.45) is 0 Å². The van der Waals surface area contributed by atoms with Gasteiger partial charge in [-0.3, -0.25) is 4.72 Å². The van der Waals surface area contributed by atoms with Gasteiger partial charge in [-0.25, -0.2) is 0 Å². The normalized spacial score (nSPS) is 29.1. The molecule has 1 N–H and O–H groups in total. The molecule has 1 saturated heterocycles. The maximum absolute atomic E-state index is 8.38. The standard InChI is InChI=1S/C5H8N2S/c6-4-5-2-1-3-7-8-5/h5,7H,1-3H2. The molecule has 0 radical (unpaired) electrons. The van der Waals surface area contributed by atoms with Crippen molar-refractivity contribution in [3.63, 3.8) is 0 Å². The van der Waals surface area contributed by atoms with Crippen LogP contribution in [0.3, 0.4) is 0 Å². The van der Waals surface area contributed by atoms with Gasteiger partial charge in [0.1, 0.15) is 5.25 Å². The highest BCUT2D eigenvalue weighted by atomic mass is 32.2. The van der Waals surface area contributed by atoms with E-state index in [1.54, 1.807) is 11.9 Å². The first-order valence-corrected chi connectivity index (χ1v) is 3.59.